The maximum Gasteiger partial charge on any atom is 0.236 e. The second-order valence-electron chi connectivity index (χ2n) is 6.10. The average Bonchev–Trinajstić information content (AvgIpc) is 3.07. The van der Waals surface area contributed by atoms with Gasteiger partial charge in [-0.05, 0) is 26.3 Å². The van der Waals surface area contributed by atoms with Crippen LogP contribution >= 0.6 is 0 Å². The molecule has 0 spiro atoms. The highest BCUT2D eigenvalue weighted by Crippen LogP contribution is 2.31. The van der Waals surface area contributed by atoms with E-state index in [1.165, 1.54) is 5.56 Å². The number of likely N-dealkylation sites (tertiary alicyclic amines) is 1. The standard InChI is InChI=1S/C15H24N4O2/c1-12-9-19(6-7-21-12)15(20)11-18-5-3-4-14(18)13-8-16-17(2)10-13/h8,10,12,14H,3-7,9,11H2,1-2H3/t12-,14-/m1/s1. The van der Waals surface area contributed by atoms with Gasteiger partial charge >= 0.3 is 0 Å². The molecule has 0 aliphatic carbocycles. The van der Waals surface area contributed by atoms with E-state index in [0.717, 1.165) is 19.4 Å². The summed E-state index contributed by atoms with van der Waals surface area (Å²) in [4.78, 5) is 16.7. The average molecular weight is 292 g/mol. The minimum Gasteiger partial charge on any atom is -0.375 e. The number of carbonyl (C=O) groups excluding carboxylic acids is 1. The number of aryl methyl sites for hydroxylation is 1. The number of morpholine rings is 1. The molecule has 3 rings (SSSR count). The molecule has 116 valence electrons. The molecule has 0 saturated carbocycles. The molecular formula is C15H24N4O2. The second-order valence-corrected chi connectivity index (χ2v) is 6.10. The summed E-state index contributed by atoms with van der Waals surface area (Å²) < 4.78 is 7.33. The lowest BCUT2D eigenvalue weighted by atomic mass is 10.1. The van der Waals surface area contributed by atoms with E-state index in [-0.39, 0.29) is 12.0 Å². The van der Waals surface area contributed by atoms with Crippen LogP contribution in [-0.2, 0) is 16.6 Å². The molecule has 2 aliphatic heterocycles. The van der Waals surface area contributed by atoms with Gasteiger partial charge in [0.15, 0.2) is 0 Å². The van der Waals surface area contributed by atoms with Crippen molar-refractivity contribution >= 4 is 5.91 Å². The van der Waals surface area contributed by atoms with Crippen molar-refractivity contribution in [2.24, 2.45) is 7.05 Å². The minimum atomic E-state index is 0.149. The van der Waals surface area contributed by atoms with E-state index < -0.39 is 0 Å². The SMILES string of the molecule is C[C@@H]1CN(C(=O)CN2CCC[C@@H]2c2cnn(C)c2)CCO1. The smallest absolute Gasteiger partial charge is 0.236 e. The van der Waals surface area contributed by atoms with Gasteiger partial charge in [0, 0.05) is 37.9 Å². The van der Waals surface area contributed by atoms with Crippen molar-refractivity contribution in [2.45, 2.75) is 31.9 Å². The fourth-order valence-corrected chi connectivity index (χ4v) is 3.32. The van der Waals surface area contributed by atoms with Crippen molar-refractivity contribution in [1.82, 2.24) is 19.6 Å². The van der Waals surface area contributed by atoms with E-state index in [9.17, 15) is 4.79 Å². The van der Waals surface area contributed by atoms with Gasteiger partial charge in [-0.25, -0.2) is 0 Å². The molecule has 2 saturated heterocycles. The Kier molecular flexibility index (Phi) is 4.26. The number of ether oxygens (including phenoxy) is 1. The number of hydrogen-bond donors (Lipinski definition) is 0. The van der Waals surface area contributed by atoms with Crippen LogP contribution in [0.25, 0.3) is 0 Å². The van der Waals surface area contributed by atoms with E-state index in [2.05, 4.69) is 16.2 Å². The normalized spacial score (nSPS) is 27.2. The van der Waals surface area contributed by atoms with E-state index >= 15 is 0 Å². The summed E-state index contributed by atoms with van der Waals surface area (Å²) in [5, 5.41) is 4.25. The van der Waals surface area contributed by atoms with Gasteiger partial charge in [-0.1, -0.05) is 0 Å². The topological polar surface area (TPSA) is 50.6 Å². The minimum absolute atomic E-state index is 0.149. The lowest BCUT2D eigenvalue weighted by Gasteiger charge is -2.33. The predicted octanol–water partition coefficient (Wildman–Crippen LogP) is 0.804. The Balaban J connectivity index is 1.62. The first kappa shape index (κ1) is 14.5. The molecule has 6 nitrogen and oxygen atoms in total. The van der Waals surface area contributed by atoms with Crippen LogP contribution in [0.2, 0.25) is 0 Å². The third-order valence-corrected chi connectivity index (χ3v) is 4.41. The Hall–Kier alpha value is -1.40. The summed E-state index contributed by atoms with van der Waals surface area (Å²) in [6.45, 7) is 5.60. The molecule has 0 bridgehead atoms. The molecule has 21 heavy (non-hydrogen) atoms. The summed E-state index contributed by atoms with van der Waals surface area (Å²) in [7, 11) is 1.93. The number of amides is 1. The largest absolute Gasteiger partial charge is 0.375 e. The Labute approximate surface area is 125 Å². The van der Waals surface area contributed by atoms with Crippen molar-refractivity contribution in [1.29, 1.82) is 0 Å². The number of rotatable bonds is 3. The lowest BCUT2D eigenvalue weighted by molar-refractivity contribution is -0.139. The van der Waals surface area contributed by atoms with E-state index in [1.807, 2.05) is 29.7 Å². The summed E-state index contributed by atoms with van der Waals surface area (Å²) in [5.41, 5.74) is 1.22. The van der Waals surface area contributed by atoms with Crippen LogP contribution in [-0.4, -0.2) is 64.4 Å². The highest BCUT2D eigenvalue weighted by atomic mass is 16.5. The van der Waals surface area contributed by atoms with Crippen molar-refractivity contribution in [3.8, 4) is 0 Å². The Bertz CT molecular complexity index is 502. The van der Waals surface area contributed by atoms with Gasteiger partial charge in [0.05, 0.1) is 25.5 Å². The number of hydrogen-bond acceptors (Lipinski definition) is 4. The number of carbonyl (C=O) groups is 1. The molecule has 0 radical (unpaired) electrons. The van der Waals surface area contributed by atoms with Crippen molar-refractivity contribution in [3.05, 3.63) is 18.0 Å². The molecular weight excluding hydrogens is 268 g/mol. The Morgan fingerprint density at radius 2 is 2.33 bits per heavy atom. The molecule has 0 N–H and O–H groups in total. The number of nitrogens with zero attached hydrogens (tertiary/aromatic N) is 4. The maximum absolute atomic E-state index is 12.5. The zero-order valence-electron chi connectivity index (χ0n) is 12.9. The molecule has 6 heteroatoms. The zero-order chi connectivity index (χ0) is 14.8. The van der Waals surface area contributed by atoms with Gasteiger partial charge in [-0.15, -0.1) is 0 Å². The van der Waals surface area contributed by atoms with Crippen molar-refractivity contribution in [2.75, 3.05) is 32.8 Å². The maximum atomic E-state index is 12.5. The summed E-state index contributed by atoms with van der Waals surface area (Å²) in [5.74, 6) is 0.223. The molecule has 1 aromatic rings. The molecule has 0 aromatic carbocycles. The molecule has 2 atom stereocenters. The summed E-state index contributed by atoms with van der Waals surface area (Å²) >= 11 is 0. The molecule has 1 amide bonds. The van der Waals surface area contributed by atoms with Crippen LogP contribution in [0.1, 0.15) is 31.4 Å². The molecule has 2 aliphatic rings. The van der Waals surface area contributed by atoms with Gasteiger partial charge in [0.2, 0.25) is 5.91 Å². The van der Waals surface area contributed by atoms with Crippen LogP contribution in [0.4, 0.5) is 0 Å². The van der Waals surface area contributed by atoms with Crippen LogP contribution in [0.3, 0.4) is 0 Å². The fraction of sp³-hybridized carbons (Fsp3) is 0.733. The zero-order valence-corrected chi connectivity index (χ0v) is 12.9. The van der Waals surface area contributed by atoms with Crippen molar-refractivity contribution < 1.29 is 9.53 Å². The Morgan fingerprint density at radius 3 is 3.05 bits per heavy atom. The van der Waals surface area contributed by atoms with Gasteiger partial charge in [-0.2, -0.15) is 5.10 Å². The van der Waals surface area contributed by atoms with E-state index in [0.29, 0.717) is 32.3 Å². The van der Waals surface area contributed by atoms with E-state index in [4.69, 9.17) is 4.74 Å². The highest BCUT2D eigenvalue weighted by molar-refractivity contribution is 5.78. The van der Waals surface area contributed by atoms with Gasteiger partial charge < -0.3 is 9.64 Å². The fourth-order valence-electron chi connectivity index (χ4n) is 3.32. The van der Waals surface area contributed by atoms with Crippen LogP contribution in [0, 0.1) is 0 Å². The van der Waals surface area contributed by atoms with Gasteiger partial charge in [0.25, 0.3) is 0 Å². The summed E-state index contributed by atoms with van der Waals surface area (Å²) in [6, 6.07) is 0.334. The first-order valence-corrected chi connectivity index (χ1v) is 7.75. The predicted molar refractivity (Wildman–Crippen MR) is 78.8 cm³/mol. The van der Waals surface area contributed by atoms with Crippen LogP contribution in [0.15, 0.2) is 12.4 Å². The first-order valence-electron chi connectivity index (χ1n) is 7.75. The molecule has 1 aromatic heterocycles. The first-order chi connectivity index (χ1) is 10.1. The molecule has 2 fully saturated rings. The van der Waals surface area contributed by atoms with Crippen LogP contribution in [0.5, 0.6) is 0 Å². The third kappa shape index (κ3) is 3.27. The third-order valence-electron chi connectivity index (χ3n) is 4.41. The molecule has 3 heterocycles. The second kappa shape index (κ2) is 6.15. The van der Waals surface area contributed by atoms with Gasteiger partial charge in [-0.3, -0.25) is 14.4 Å². The van der Waals surface area contributed by atoms with Crippen molar-refractivity contribution in [3.63, 3.8) is 0 Å². The Morgan fingerprint density at radius 1 is 1.48 bits per heavy atom. The quantitative estimate of drug-likeness (QED) is 0.827. The monoisotopic (exact) mass is 292 g/mol. The summed E-state index contributed by atoms with van der Waals surface area (Å²) in [6.07, 6.45) is 6.38. The van der Waals surface area contributed by atoms with Crippen LogP contribution < -0.4 is 0 Å². The molecule has 0 unspecified atom stereocenters. The lowest BCUT2D eigenvalue weighted by Crippen LogP contribution is -2.48. The highest BCUT2D eigenvalue weighted by Gasteiger charge is 2.30. The van der Waals surface area contributed by atoms with E-state index in [1.54, 1.807) is 0 Å². The number of aromatic nitrogens is 2. The van der Waals surface area contributed by atoms with Gasteiger partial charge in [0.1, 0.15) is 0 Å².